The molecule has 2 N–H and O–H groups in total. The van der Waals surface area contributed by atoms with Gasteiger partial charge in [-0.15, -0.1) is 28.4 Å². The summed E-state index contributed by atoms with van der Waals surface area (Å²) in [6, 6.07) is -2.98. The highest BCUT2D eigenvalue weighted by Crippen LogP contribution is 2.38. The van der Waals surface area contributed by atoms with Crippen LogP contribution in [0.2, 0.25) is 0 Å². The third-order valence-electron chi connectivity index (χ3n) is 2.71. The lowest BCUT2D eigenvalue weighted by molar-refractivity contribution is -0.151. The lowest BCUT2D eigenvalue weighted by Crippen LogP contribution is -2.48. The number of halogens is 3. The summed E-state index contributed by atoms with van der Waals surface area (Å²) in [6.07, 6.45) is 0.188. The van der Waals surface area contributed by atoms with Crippen LogP contribution in [0.3, 0.4) is 0 Å². The second-order valence-electron chi connectivity index (χ2n) is 4.21. The van der Waals surface area contributed by atoms with Crippen LogP contribution in [0.5, 0.6) is 0 Å². The average Bonchev–Trinajstić information content (AvgIpc) is 3.03. The van der Waals surface area contributed by atoms with Crippen LogP contribution in [0.4, 0.5) is 13.2 Å². The number of thioether (sulfide) groups is 1. The Bertz CT molecular complexity index is 555. The summed E-state index contributed by atoms with van der Waals surface area (Å²) in [6.45, 7) is 1.45. The van der Waals surface area contributed by atoms with Crippen LogP contribution >= 0.6 is 11.8 Å². The number of aliphatic hydroxyl groups excluding tert-OH is 1. The SMILES string of the molecule is C#C[C@@H](NC(O)C1SC(C)=NC1C(F)(F)F)c1nnco1. The van der Waals surface area contributed by atoms with Crippen molar-refractivity contribution in [2.75, 3.05) is 0 Å². The predicted molar refractivity (Wildman–Crippen MR) is 69.3 cm³/mol. The minimum atomic E-state index is -4.55. The number of nitrogens with zero attached hydrogens (tertiary/aromatic N) is 3. The van der Waals surface area contributed by atoms with Crippen molar-refractivity contribution in [2.24, 2.45) is 4.99 Å². The molecule has 0 aliphatic carbocycles. The summed E-state index contributed by atoms with van der Waals surface area (Å²) in [4.78, 5) is 3.51. The Morgan fingerprint density at radius 1 is 1.57 bits per heavy atom. The van der Waals surface area contributed by atoms with Crippen LogP contribution in [0, 0.1) is 12.3 Å². The second kappa shape index (κ2) is 6.05. The fraction of sp³-hybridized carbons (Fsp3) is 0.545. The van der Waals surface area contributed by atoms with Gasteiger partial charge < -0.3 is 9.52 Å². The van der Waals surface area contributed by atoms with Crippen LogP contribution in [0.1, 0.15) is 18.9 Å². The average molecular weight is 320 g/mol. The molecule has 10 heteroatoms. The number of aromatic nitrogens is 2. The van der Waals surface area contributed by atoms with E-state index in [4.69, 9.17) is 10.8 Å². The molecule has 0 aromatic carbocycles. The zero-order valence-electron chi connectivity index (χ0n) is 10.7. The van der Waals surface area contributed by atoms with Gasteiger partial charge in [0.05, 0.1) is 10.3 Å². The first-order valence-electron chi connectivity index (χ1n) is 5.77. The van der Waals surface area contributed by atoms with E-state index in [2.05, 4.69) is 26.4 Å². The maximum Gasteiger partial charge on any atom is 0.412 e. The normalized spacial score (nSPS) is 25.2. The van der Waals surface area contributed by atoms with Gasteiger partial charge in [-0.1, -0.05) is 5.92 Å². The van der Waals surface area contributed by atoms with Crippen molar-refractivity contribution in [3.8, 4) is 12.3 Å². The van der Waals surface area contributed by atoms with E-state index in [-0.39, 0.29) is 10.9 Å². The quantitative estimate of drug-likeness (QED) is 0.639. The number of hydrogen-bond donors (Lipinski definition) is 2. The summed E-state index contributed by atoms with van der Waals surface area (Å²) < 4.78 is 43.6. The molecule has 4 atom stereocenters. The van der Waals surface area contributed by atoms with Gasteiger partial charge in [0.25, 0.3) is 0 Å². The first-order valence-corrected chi connectivity index (χ1v) is 6.65. The van der Waals surface area contributed by atoms with Crippen molar-refractivity contribution in [3.05, 3.63) is 12.3 Å². The molecular weight excluding hydrogens is 309 g/mol. The Hall–Kier alpha value is -1.57. The Balaban J connectivity index is 2.09. The van der Waals surface area contributed by atoms with E-state index in [1.165, 1.54) is 6.92 Å². The van der Waals surface area contributed by atoms with Gasteiger partial charge in [0.2, 0.25) is 12.3 Å². The van der Waals surface area contributed by atoms with Crippen molar-refractivity contribution in [2.45, 2.75) is 36.7 Å². The highest BCUT2D eigenvalue weighted by molar-refractivity contribution is 8.14. The Morgan fingerprint density at radius 2 is 2.29 bits per heavy atom. The third-order valence-corrected chi connectivity index (χ3v) is 3.95. The smallest absolute Gasteiger partial charge is 0.412 e. The highest BCUT2D eigenvalue weighted by atomic mass is 32.2. The second-order valence-corrected chi connectivity index (χ2v) is 5.58. The number of aliphatic hydroxyl groups is 1. The molecule has 1 aliphatic rings. The Morgan fingerprint density at radius 3 is 2.81 bits per heavy atom. The molecule has 0 amide bonds. The molecule has 2 heterocycles. The monoisotopic (exact) mass is 320 g/mol. The van der Waals surface area contributed by atoms with E-state index in [1.807, 2.05) is 0 Å². The van der Waals surface area contributed by atoms with E-state index >= 15 is 0 Å². The van der Waals surface area contributed by atoms with E-state index in [1.54, 1.807) is 0 Å². The van der Waals surface area contributed by atoms with Crippen LogP contribution < -0.4 is 5.32 Å². The minimum Gasteiger partial charge on any atom is -0.425 e. The molecule has 2 rings (SSSR count). The van der Waals surface area contributed by atoms with Gasteiger partial charge in [-0.3, -0.25) is 10.3 Å². The van der Waals surface area contributed by atoms with Crippen molar-refractivity contribution < 1.29 is 22.7 Å². The zero-order chi connectivity index (χ0) is 15.6. The number of rotatable bonds is 4. The number of aliphatic imine (C=N–C) groups is 1. The van der Waals surface area contributed by atoms with Crippen molar-refractivity contribution in [1.29, 1.82) is 0 Å². The van der Waals surface area contributed by atoms with Gasteiger partial charge in [-0.25, -0.2) is 0 Å². The highest BCUT2D eigenvalue weighted by Gasteiger charge is 2.51. The van der Waals surface area contributed by atoms with Gasteiger partial charge >= 0.3 is 6.18 Å². The first kappa shape index (κ1) is 15.8. The molecule has 0 saturated heterocycles. The lowest BCUT2D eigenvalue weighted by atomic mass is 10.1. The summed E-state index contributed by atoms with van der Waals surface area (Å²) in [5, 5.41) is 18.5. The van der Waals surface area contributed by atoms with Crippen LogP contribution in [-0.2, 0) is 0 Å². The fourth-order valence-corrected chi connectivity index (χ4v) is 2.94. The molecule has 6 nitrogen and oxygen atoms in total. The van der Waals surface area contributed by atoms with Crippen LogP contribution in [0.25, 0.3) is 0 Å². The van der Waals surface area contributed by atoms with Crippen molar-refractivity contribution >= 4 is 16.8 Å². The van der Waals surface area contributed by atoms with Gasteiger partial charge in [-0.05, 0) is 6.92 Å². The topological polar surface area (TPSA) is 83.5 Å². The lowest BCUT2D eigenvalue weighted by Gasteiger charge is -2.26. The summed E-state index contributed by atoms with van der Waals surface area (Å²) in [7, 11) is 0. The standard InChI is InChI=1S/C11H11F3N4O2S/c1-3-6(10-18-15-4-20-10)17-9(19)7-8(11(12,13)14)16-5(2)21-7/h1,4,6-9,17,19H,2H3/t6-,7?,8?,9?/m1/s1. The van der Waals surface area contributed by atoms with Gasteiger partial charge in [-0.2, -0.15) is 13.2 Å². The van der Waals surface area contributed by atoms with E-state index < -0.39 is 29.7 Å². The Kier molecular flexibility index (Phi) is 4.55. The molecule has 1 aromatic heterocycles. The molecule has 21 heavy (non-hydrogen) atoms. The molecule has 1 aliphatic heterocycles. The number of alkyl halides is 3. The molecule has 1 aromatic rings. The van der Waals surface area contributed by atoms with Crippen molar-refractivity contribution in [1.82, 2.24) is 15.5 Å². The number of nitrogens with one attached hydrogen (secondary N) is 1. The first-order chi connectivity index (χ1) is 9.82. The molecule has 0 saturated carbocycles. The fourth-order valence-electron chi connectivity index (χ4n) is 1.82. The zero-order valence-corrected chi connectivity index (χ0v) is 11.5. The summed E-state index contributed by atoms with van der Waals surface area (Å²) in [5.74, 6) is 2.22. The van der Waals surface area contributed by atoms with Gasteiger partial charge in [0.1, 0.15) is 12.3 Å². The van der Waals surface area contributed by atoms with Gasteiger partial charge in [0, 0.05) is 0 Å². The Labute approximate surface area is 122 Å². The minimum absolute atomic E-state index is 0.0132. The predicted octanol–water partition coefficient (Wildman–Crippen LogP) is 1.12. The maximum absolute atomic E-state index is 12.9. The number of terminal acetylenes is 1. The molecular formula is C11H11F3N4O2S. The summed E-state index contributed by atoms with van der Waals surface area (Å²) in [5.41, 5.74) is 0. The molecule has 114 valence electrons. The molecule has 0 spiro atoms. The van der Waals surface area contributed by atoms with Crippen LogP contribution in [-0.4, -0.2) is 44.0 Å². The third kappa shape index (κ3) is 3.55. The van der Waals surface area contributed by atoms with Crippen LogP contribution in [0.15, 0.2) is 15.8 Å². The van der Waals surface area contributed by atoms with E-state index in [0.717, 1.165) is 18.2 Å². The summed E-state index contributed by atoms with van der Waals surface area (Å²) >= 11 is 0.841. The molecule has 0 radical (unpaired) electrons. The van der Waals surface area contributed by atoms with Crippen molar-refractivity contribution in [3.63, 3.8) is 0 Å². The molecule has 0 bridgehead atoms. The molecule has 0 fully saturated rings. The van der Waals surface area contributed by atoms with E-state index in [0.29, 0.717) is 0 Å². The van der Waals surface area contributed by atoms with E-state index in [9.17, 15) is 18.3 Å². The molecule has 3 unspecified atom stereocenters. The largest absolute Gasteiger partial charge is 0.425 e. The maximum atomic E-state index is 12.9. The van der Waals surface area contributed by atoms with Gasteiger partial charge in [0.15, 0.2) is 6.04 Å². The number of hydrogen-bond acceptors (Lipinski definition) is 7.